The van der Waals surface area contributed by atoms with E-state index in [-0.39, 0.29) is 17.9 Å². The fourth-order valence-corrected chi connectivity index (χ4v) is 1.63. The Kier molecular flexibility index (Phi) is 3.59. The SMILES string of the molecule is Cc1cc(C(=O)N(C)Cc2ccc(F)cc2F)on1. The van der Waals surface area contributed by atoms with Crippen molar-refractivity contribution in [2.75, 3.05) is 7.05 Å². The Hall–Kier alpha value is -2.24. The molecule has 1 heterocycles. The first kappa shape index (κ1) is 13.2. The fraction of sp³-hybridized carbons (Fsp3) is 0.231. The molecule has 0 saturated heterocycles. The van der Waals surface area contributed by atoms with Crippen LogP contribution in [0, 0.1) is 18.6 Å². The number of hydrogen-bond acceptors (Lipinski definition) is 3. The number of halogens is 2. The Morgan fingerprint density at radius 2 is 2.11 bits per heavy atom. The molecular formula is C13H12F2N2O2. The minimum absolute atomic E-state index is 0.0185. The molecule has 1 aromatic heterocycles. The molecule has 0 N–H and O–H groups in total. The second-order valence-electron chi connectivity index (χ2n) is 4.23. The van der Waals surface area contributed by atoms with E-state index >= 15 is 0 Å². The second kappa shape index (κ2) is 5.17. The van der Waals surface area contributed by atoms with Crippen molar-refractivity contribution >= 4 is 5.91 Å². The van der Waals surface area contributed by atoms with E-state index in [9.17, 15) is 13.6 Å². The van der Waals surface area contributed by atoms with Crippen molar-refractivity contribution in [1.82, 2.24) is 10.1 Å². The van der Waals surface area contributed by atoms with Crippen molar-refractivity contribution in [2.45, 2.75) is 13.5 Å². The van der Waals surface area contributed by atoms with E-state index in [2.05, 4.69) is 5.16 Å². The van der Waals surface area contributed by atoms with E-state index in [1.165, 1.54) is 24.1 Å². The van der Waals surface area contributed by atoms with Gasteiger partial charge in [-0.15, -0.1) is 0 Å². The average Bonchev–Trinajstić information content (AvgIpc) is 2.78. The number of carbonyl (C=O) groups is 1. The minimum atomic E-state index is -0.687. The lowest BCUT2D eigenvalue weighted by Crippen LogP contribution is -2.26. The summed E-state index contributed by atoms with van der Waals surface area (Å²) in [7, 11) is 1.50. The zero-order chi connectivity index (χ0) is 14.0. The van der Waals surface area contributed by atoms with Gasteiger partial charge in [-0.05, 0) is 13.0 Å². The van der Waals surface area contributed by atoms with E-state index in [1.807, 2.05) is 0 Å². The molecule has 0 saturated carbocycles. The standard InChI is InChI=1S/C13H12F2N2O2/c1-8-5-12(19-16-8)13(18)17(2)7-9-3-4-10(14)6-11(9)15/h3-6H,7H2,1-2H3. The summed E-state index contributed by atoms with van der Waals surface area (Å²) in [4.78, 5) is 13.2. The summed E-state index contributed by atoms with van der Waals surface area (Å²) in [6.07, 6.45) is 0. The highest BCUT2D eigenvalue weighted by Gasteiger charge is 2.18. The third-order valence-corrected chi connectivity index (χ3v) is 2.61. The normalized spacial score (nSPS) is 10.5. The summed E-state index contributed by atoms with van der Waals surface area (Å²) in [6.45, 7) is 1.71. The molecule has 1 amide bonds. The predicted molar refractivity (Wildman–Crippen MR) is 63.4 cm³/mol. The Balaban J connectivity index is 2.12. The molecule has 0 spiro atoms. The largest absolute Gasteiger partial charge is 0.351 e. The Labute approximate surface area is 108 Å². The van der Waals surface area contributed by atoms with E-state index < -0.39 is 17.5 Å². The molecule has 0 radical (unpaired) electrons. The second-order valence-corrected chi connectivity index (χ2v) is 4.23. The van der Waals surface area contributed by atoms with E-state index in [1.54, 1.807) is 6.92 Å². The molecular weight excluding hydrogens is 254 g/mol. The molecule has 0 bridgehead atoms. The maximum atomic E-state index is 13.5. The Bertz CT molecular complexity index is 610. The van der Waals surface area contributed by atoms with Crippen LogP contribution in [0.5, 0.6) is 0 Å². The molecule has 100 valence electrons. The molecule has 19 heavy (non-hydrogen) atoms. The molecule has 2 aromatic rings. The summed E-state index contributed by atoms with van der Waals surface area (Å²) < 4.78 is 31.1. The quantitative estimate of drug-likeness (QED) is 0.857. The van der Waals surface area contributed by atoms with Gasteiger partial charge in [0.05, 0.1) is 5.69 Å². The molecule has 0 aliphatic rings. The highest BCUT2D eigenvalue weighted by atomic mass is 19.1. The van der Waals surface area contributed by atoms with Crippen LogP contribution >= 0.6 is 0 Å². The number of carbonyl (C=O) groups excluding carboxylic acids is 1. The first-order chi connectivity index (χ1) is 8.97. The van der Waals surface area contributed by atoms with E-state index in [0.717, 1.165) is 12.1 Å². The third-order valence-electron chi connectivity index (χ3n) is 2.61. The predicted octanol–water partition coefficient (Wildman–Crippen LogP) is 2.53. The van der Waals surface area contributed by atoms with Crippen LogP contribution in [0.3, 0.4) is 0 Å². The van der Waals surface area contributed by atoms with Gasteiger partial charge in [0.1, 0.15) is 11.6 Å². The molecule has 1 aromatic carbocycles. The van der Waals surface area contributed by atoms with Crippen LogP contribution in [0.1, 0.15) is 21.8 Å². The van der Waals surface area contributed by atoms with Gasteiger partial charge < -0.3 is 9.42 Å². The molecule has 0 fully saturated rings. The van der Waals surface area contributed by atoms with Gasteiger partial charge in [-0.1, -0.05) is 11.2 Å². The lowest BCUT2D eigenvalue weighted by Gasteiger charge is -2.15. The number of amides is 1. The van der Waals surface area contributed by atoms with Crippen LogP contribution in [0.4, 0.5) is 8.78 Å². The van der Waals surface area contributed by atoms with Crippen molar-refractivity contribution in [1.29, 1.82) is 0 Å². The van der Waals surface area contributed by atoms with Crippen molar-refractivity contribution in [3.05, 3.63) is 52.9 Å². The number of aromatic nitrogens is 1. The molecule has 0 aliphatic heterocycles. The topological polar surface area (TPSA) is 46.3 Å². The van der Waals surface area contributed by atoms with Crippen molar-refractivity contribution in [2.24, 2.45) is 0 Å². The maximum absolute atomic E-state index is 13.5. The number of rotatable bonds is 3. The number of benzene rings is 1. The monoisotopic (exact) mass is 266 g/mol. The van der Waals surface area contributed by atoms with Crippen LogP contribution in [-0.4, -0.2) is 23.0 Å². The molecule has 6 heteroatoms. The van der Waals surface area contributed by atoms with Gasteiger partial charge in [0.2, 0.25) is 5.76 Å². The average molecular weight is 266 g/mol. The molecule has 2 rings (SSSR count). The van der Waals surface area contributed by atoms with Gasteiger partial charge in [-0.2, -0.15) is 0 Å². The molecule has 0 atom stereocenters. The Morgan fingerprint density at radius 3 is 2.68 bits per heavy atom. The van der Waals surface area contributed by atoms with E-state index in [4.69, 9.17) is 4.52 Å². The molecule has 4 nitrogen and oxygen atoms in total. The molecule has 0 unspecified atom stereocenters. The van der Waals surface area contributed by atoms with Gasteiger partial charge in [0.25, 0.3) is 5.91 Å². The summed E-state index contributed by atoms with van der Waals surface area (Å²) in [5, 5.41) is 3.61. The van der Waals surface area contributed by atoms with Gasteiger partial charge in [0, 0.05) is 31.3 Å². The van der Waals surface area contributed by atoms with Gasteiger partial charge in [0.15, 0.2) is 0 Å². The van der Waals surface area contributed by atoms with Crippen LogP contribution in [0.2, 0.25) is 0 Å². The fourth-order valence-electron chi connectivity index (χ4n) is 1.63. The third kappa shape index (κ3) is 2.96. The van der Waals surface area contributed by atoms with Crippen LogP contribution in [0.15, 0.2) is 28.8 Å². The van der Waals surface area contributed by atoms with Gasteiger partial charge >= 0.3 is 0 Å². The smallest absolute Gasteiger partial charge is 0.292 e. The summed E-state index contributed by atoms with van der Waals surface area (Å²) in [5.41, 5.74) is 0.818. The molecule has 0 aliphatic carbocycles. The zero-order valence-electron chi connectivity index (χ0n) is 10.5. The summed E-state index contributed by atoms with van der Waals surface area (Å²) >= 11 is 0. The van der Waals surface area contributed by atoms with E-state index in [0.29, 0.717) is 5.69 Å². The minimum Gasteiger partial charge on any atom is -0.351 e. The lowest BCUT2D eigenvalue weighted by atomic mass is 10.2. The summed E-state index contributed by atoms with van der Waals surface area (Å²) in [5.74, 6) is -1.67. The number of aryl methyl sites for hydroxylation is 1. The van der Waals surface area contributed by atoms with Gasteiger partial charge in [-0.25, -0.2) is 8.78 Å². The summed E-state index contributed by atoms with van der Waals surface area (Å²) in [6, 6.07) is 4.74. The highest BCUT2D eigenvalue weighted by molar-refractivity contribution is 5.91. The number of hydrogen-bond donors (Lipinski definition) is 0. The number of nitrogens with zero attached hydrogens (tertiary/aromatic N) is 2. The van der Waals surface area contributed by atoms with Crippen LogP contribution in [0.25, 0.3) is 0 Å². The zero-order valence-corrected chi connectivity index (χ0v) is 10.5. The first-order valence-electron chi connectivity index (χ1n) is 5.60. The van der Waals surface area contributed by atoms with Crippen LogP contribution < -0.4 is 0 Å². The van der Waals surface area contributed by atoms with Crippen molar-refractivity contribution in [3.8, 4) is 0 Å². The lowest BCUT2D eigenvalue weighted by molar-refractivity contribution is 0.0742. The van der Waals surface area contributed by atoms with Crippen LogP contribution in [-0.2, 0) is 6.54 Å². The first-order valence-corrected chi connectivity index (χ1v) is 5.60. The Morgan fingerprint density at radius 1 is 1.37 bits per heavy atom. The van der Waals surface area contributed by atoms with Crippen molar-refractivity contribution < 1.29 is 18.1 Å². The highest BCUT2D eigenvalue weighted by Crippen LogP contribution is 2.13. The van der Waals surface area contributed by atoms with Crippen molar-refractivity contribution in [3.63, 3.8) is 0 Å². The maximum Gasteiger partial charge on any atom is 0.292 e. The van der Waals surface area contributed by atoms with Gasteiger partial charge in [-0.3, -0.25) is 4.79 Å².